The Hall–Kier alpha value is -2.58. The molecule has 9 heteroatoms. The molecule has 0 aliphatic rings. The third-order valence-corrected chi connectivity index (χ3v) is 2.50. The Kier molecular flexibility index (Phi) is 3.83. The van der Waals surface area contributed by atoms with Gasteiger partial charge in [0.25, 0.3) is 17.6 Å². The van der Waals surface area contributed by atoms with Gasteiger partial charge in [-0.3, -0.25) is 4.79 Å². The van der Waals surface area contributed by atoms with Gasteiger partial charge in [0, 0.05) is 17.8 Å². The van der Waals surface area contributed by atoms with Gasteiger partial charge in [0.2, 0.25) is 0 Å². The van der Waals surface area contributed by atoms with Crippen LogP contribution >= 0.6 is 0 Å². The third-order valence-electron chi connectivity index (χ3n) is 2.50. The SMILES string of the molecule is CCNC(=O)c1noc(-c2cc(N)cc(C(F)(F)F)c2)n1. The number of benzene rings is 1. The zero-order chi connectivity index (χ0) is 15.6. The lowest BCUT2D eigenvalue weighted by Gasteiger charge is -2.08. The Morgan fingerprint density at radius 1 is 1.38 bits per heavy atom. The summed E-state index contributed by atoms with van der Waals surface area (Å²) in [6.45, 7) is 2.06. The molecule has 0 aliphatic carbocycles. The summed E-state index contributed by atoms with van der Waals surface area (Å²) in [5.41, 5.74) is 4.40. The first-order chi connectivity index (χ1) is 9.81. The molecule has 21 heavy (non-hydrogen) atoms. The van der Waals surface area contributed by atoms with E-state index in [-0.39, 0.29) is 23.0 Å². The normalized spacial score (nSPS) is 11.4. The van der Waals surface area contributed by atoms with E-state index in [4.69, 9.17) is 10.3 Å². The van der Waals surface area contributed by atoms with Crippen molar-refractivity contribution in [2.45, 2.75) is 13.1 Å². The molecule has 1 aromatic carbocycles. The highest BCUT2D eigenvalue weighted by Crippen LogP contribution is 2.33. The van der Waals surface area contributed by atoms with Crippen LogP contribution in [0.1, 0.15) is 23.1 Å². The summed E-state index contributed by atoms with van der Waals surface area (Å²) in [6.07, 6.45) is -4.55. The molecule has 2 aromatic rings. The molecule has 1 aromatic heterocycles. The van der Waals surface area contributed by atoms with Crippen LogP contribution in [0, 0.1) is 0 Å². The van der Waals surface area contributed by atoms with Crippen molar-refractivity contribution in [1.82, 2.24) is 15.5 Å². The van der Waals surface area contributed by atoms with E-state index in [9.17, 15) is 18.0 Å². The van der Waals surface area contributed by atoms with Crippen LogP contribution < -0.4 is 11.1 Å². The monoisotopic (exact) mass is 300 g/mol. The molecule has 0 aliphatic heterocycles. The quantitative estimate of drug-likeness (QED) is 0.846. The van der Waals surface area contributed by atoms with E-state index in [2.05, 4.69) is 15.5 Å². The topological polar surface area (TPSA) is 94.0 Å². The number of aromatic nitrogens is 2. The van der Waals surface area contributed by atoms with Crippen LogP contribution in [0.15, 0.2) is 22.7 Å². The maximum Gasteiger partial charge on any atom is 0.416 e. The second kappa shape index (κ2) is 5.43. The maximum absolute atomic E-state index is 12.7. The highest BCUT2D eigenvalue weighted by atomic mass is 19.4. The van der Waals surface area contributed by atoms with Gasteiger partial charge in [-0.1, -0.05) is 5.16 Å². The van der Waals surface area contributed by atoms with E-state index in [1.54, 1.807) is 6.92 Å². The Morgan fingerprint density at radius 3 is 2.71 bits per heavy atom. The van der Waals surface area contributed by atoms with Crippen molar-refractivity contribution in [3.05, 3.63) is 29.6 Å². The van der Waals surface area contributed by atoms with E-state index in [0.29, 0.717) is 6.54 Å². The predicted octanol–water partition coefficient (Wildman–Crippen LogP) is 2.09. The zero-order valence-corrected chi connectivity index (χ0v) is 10.9. The minimum atomic E-state index is -4.55. The molecule has 0 saturated heterocycles. The number of nitrogen functional groups attached to an aromatic ring is 1. The smallest absolute Gasteiger partial charge is 0.399 e. The van der Waals surface area contributed by atoms with Gasteiger partial charge in [0.05, 0.1) is 5.56 Å². The van der Waals surface area contributed by atoms with Crippen molar-refractivity contribution < 1.29 is 22.5 Å². The van der Waals surface area contributed by atoms with Gasteiger partial charge >= 0.3 is 6.18 Å². The largest absolute Gasteiger partial charge is 0.416 e. The number of carbonyl (C=O) groups excluding carboxylic acids is 1. The number of anilines is 1. The summed E-state index contributed by atoms with van der Waals surface area (Å²) in [5.74, 6) is -1.05. The number of alkyl halides is 3. The lowest BCUT2D eigenvalue weighted by atomic mass is 10.1. The van der Waals surface area contributed by atoms with Gasteiger partial charge < -0.3 is 15.6 Å². The van der Waals surface area contributed by atoms with Gasteiger partial charge in [-0.05, 0) is 25.1 Å². The molecule has 112 valence electrons. The summed E-state index contributed by atoms with van der Waals surface area (Å²) < 4.78 is 42.9. The summed E-state index contributed by atoms with van der Waals surface area (Å²) in [6, 6.07) is 2.88. The summed E-state index contributed by atoms with van der Waals surface area (Å²) in [4.78, 5) is 15.2. The van der Waals surface area contributed by atoms with Gasteiger partial charge in [-0.25, -0.2) is 0 Å². The average Bonchev–Trinajstić information content (AvgIpc) is 2.87. The number of rotatable bonds is 3. The minimum absolute atomic E-state index is 0.00891. The van der Waals surface area contributed by atoms with Crippen molar-refractivity contribution in [1.29, 1.82) is 0 Å². The van der Waals surface area contributed by atoms with Crippen molar-refractivity contribution in [2.24, 2.45) is 0 Å². The number of nitrogens with two attached hydrogens (primary N) is 1. The van der Waals surface area contributed by atoms with Crippen LogP contribution in [-0.2, 0) is 6.18 Å². The van der Waals surface area contributed by atoms with Crippen LogP contribution in [0.25, 0.3) is 11.5 Å². The number of nitrogens with one attached hydrogen (secondary N) is 1. The number of hydrogen-bond acceptors (Lipinski definition) is 5. The van der Waals surface area contributed by atoms with Crippen molar-refractivity contribution >= 4 is 11.6 Å². The fourth-order valence-corrected chi connectivity index (χ4v) is 1.61. The molecular weight excluding hydrogens is 289 g/mol. The first-order valence-electron chi connectivity index (χ1n) is 5.91. The minimum Gasteiger partial charge on any atom is -0.399 e. The van der Waals surface area contributed by atoms with Gasteiger partial charge in [-0.2, -0.15) is 18.2 Å². The zero-order valence-electron chi connectivity index (χ0n) is 10.9. The summed E-state index contributed by atoms with van der Waals surface area (Å²) in [7, 11) is 0. The lowest BCUT2D eigenvalue weighted by molar-refractivity contribution is -0.137. The molecule has 6 nitrogen and oxygen atoms in total. The lowest BCUT2D eigenvalue weighted by Crippen LogP contribution is -2.23. The first kappa shape index (κ1) is 14.8. The van der Waals surface area contributed by atoms with Crippen molar-refractivity contribution in [2.75, 3.05) is 12.3 Å². The molecule has 0 radical (unpaired) electrons. The molecule has 3 N–H and O–H groups in total. The van der Waals surface area contributed by atoms with E-state index in [1.807, 2.05) is 0 Å². The molecule has 0 atom stereocenters. The molecule has 0 unspecified atom stereocenters. The van der Waals surface area contributed by atoms with Crippen LogP contribution in [-0.4, -0.2) is 22.6 Å². The second-order valence-electron chi connectivity index (χ2n) is 4.12. The van der Waals surface area contributed by atoms with Crippen LogP contribution in [0.5, 0.6) is 0 Å². The molecular formula is C12H11F3N4O2. The molecule has 1 amide bonds. The Morgan fingerprint density at radius 2 is 2.10 bits per heavy atom. The maximum atomic E-state index is 12.7. The molecule has 1 heterocycles. The molecule has 0 saturated carbocycles. The molecule has 2 rings (SSSR count). The molecule has 0 bridgehead atoms. The van der Waals surface area contributed by atoms with Crippen molar-refractivity contribution in [3.8, 4) is 11.5 Å². The Bertz CT molecular complexity index is 667. The standard InChI is InChI=1S/C12H11F3N4O2/c1-2-17-10(20)9-18-11(21-19-9)6-3-7(12(13,14)15)5-8(16)4-6/h3-5H,2,16H2,1H3,(H,17,20). The second-order valence-corrected chi connectivity index (χ2v) is 4.12. The van der Waals surface area contributed by atoms with Gasteiger partial charge in [0.15, 0.2) is 0 Å². The number of hydrogen-bond donors (Lipinski definition) is 2. The highest BCUT2D eigenvalue weighted by molar-refractivity contribution is 5.90. The van der Waals surface area contributed by atoms with Crippen LogP contribution in [0.2, 0.25) is 0 Å². The number of carbonyl (C=O) groups is 1. The van der Waals surface area contributed by atoms with Crippen LogP contribution in [0.3, 0.4) is 0 Å². The fourth-order valence-electron chi connectivity index (χ4n) is 1.61. The van der Waals surface area contributed by atoms with E-state index >= 15 is 0 Å². The van der Waals surface area contributed by atoms with E-state index in [0.717, 1.165) is 12.1 Å². The summed E-state index contributed by atoms with van der Waals surface area (Å²) >= 11 is 0. The first-order valence-corrected chi connectivity index (χ1v) is 5.91. The average molecular weight is 300 g/mol. The summed E-state index contributed by atoms with van der Waals surface area (Å²) in [5, 5.41) is 5.86. The third kappa shape index (κ3) is 3.30. The van der Waals surface area contributed by atoms with E-state index < -0.39 is 17.6 Å². The number of nitrogens with zero attached hydrogens (tertiary/aromatic N) is 2. The van der Waals surface area contributed by atoms with E-state index in [1.165, 1.54) is 6.07 Å². The predicted molar refractivity (Wildman–Crippen MR) is 67.2 cm³/mol. The Balaban J connectivity index is 2.39. The van der Waals surface area contributed by atoms with Crippen molar-refractivity contribution in [3.63, 3.8) is 0 Å². The highest BCUT2D eigenvalue weighted by Gasteiger charge is 2.31. The van der Waals surface area contributed by atoms with Gasteiger partial charge in [-0.15, -0.1) is 0 Å². The fraction of sp³-hybridized carbons (Fsp3) is 0.250. The molecule has 0 spiro atoms. The number of amides is 1. The molecule has 0 fully saturated rings. The van der Waals surface area contributed by atoms with Crippen LogP contribution in [0.4, 0.5) is 18.9 Å². The number of halogens is 3. The Labute approximate surface area is 117 Å². The van der Waals surface area contributed by atoms with Gasteiger partial charge in [0.1, 0.15) is 0 Å².